The molecule has 6 heteroatoms. The molecule has 2 aliphatic heterocycles. The van der Waals surface area contributed by atoms with Gasteiger partial charge in [-0.15, -0.1) is 0 Å². The summed E-state index contributed by atoms with van der Waals surface area (Å²) in [6.07, 6.45) is 3.72. The highest BCUT2D eigenvalue weighted by atomic mass is 16.2. The monoisotopic (exact) mass is 449 g/mol. The molecule has 4 rings (SSSR count). The van der Waals surface area contributed by atoms with E-state index in [9.17, 15) is 4.79 Å². The van der Waals surface area contributed by atoms with Crippen LogP contribution in [-0.4, -0.2) is 47.5 Å². The van der Waals surface area contributed by atoms with Crippen molar-refractivity contribution in [2.45, 2.75) is 66.5 Å². The Bertz CT molecular complexity index is 960. The van der Waals surface area contributed by atoms with E-state index in [0.29, 0.717) is 13.0 Å². The summed E-state index contributed by atoms with van der Waals surface area (Å²) in [6, 6.07) is 10.5. The molecule has 0 aliphatic carbocycles. The lowest BCUT2D eigenvalue weighted by Gasteiger charge is -2.37. The van der Waals surface area contributed by atoms with E-state index in [1.165, 1.54) is 18.4 Å². The summed E-state index contributed by atoms with van der Waals surface area (Å²) < 4.78 is 0. The molecule has 6 nitrogen and oxygen atoms in total. The number of anilines is 2. The molecule has 1 amide bonds. The van der Waals surface area contributed by atoms with Crippen LogP contribution >= 0.6 is 0 Å². The van der Waals surface area contributed by atoms with E-state index in [2.05, 4.69) is 68.8 Å². The Kier molecular flexibility index (Phi) is 6.91. The van der Waals surface area contributed by atoms with Gasteiger partial charge in [0.25, 0.3) is 0 Å². The number of hydrogen-bond acceptors (Lipinski definition) is 5. The Hall–Kier alpha value is -2.63. The molecule has 1 aromatic heterocycles. The Morgan fingerprint density at radius 3 is 2.45 bits per heavy atom. The van der Waals surface area contributed by atoms with Crippen molar-refractivity contribution in [3.63, 3.8) is 0 Å². The first-order valence-corrected chi connectivity index (χ1v) is 12.4. The summed E-state index contributed by atoms with van der Waals surface area (Å²) in [5, 5.41) is 0. The molecule has 0 bridgehead atoms. The summed E-state index contributed by atoms with van der Waals surface area (Å²) in [4.78, 5) is 29.7. The minimum absolute atomic E-state index is 0.0102. The quantitative estimate of drug-likeness (QED) is 0.664. The van der Waals surface area contributed by atoms with E-state index in [1.807, 2.05) is 11.0 Å². The highest BCUT2D eigenvalue weighted by Crippen LogP contribution is 2.32. The lowest BCUT2D eigenvalue weighted by Crippen LogP contribution is -2.41. The number of aromatic nitrogens is 2. The van der Waals surface area contributed by atoms with Crippen LogP contribution in [0.25, 0.3) is 0 Å². The van der Waals surface area contributed by atoms with Gasteiger partial charge in [-0.05, 0) is 29.7 Å². The van der Waals surface area contributed by atoms with Gasteiger partial charge in [-0.1, -0.05) is 58.0 Å². The zero-order chi connectivity index (χ0) is 23.6. The molecule has 0 radical (unpaired) electrons. The molecule has 2 aliphatic rings. The van der Waals surface area contributed by atoms with Crippen LogP contribution in [0.4, 0.5) is 11.8 Å². The summed E-state index contributed by atoms with van der Waals surface area (Å²) in [5.74, 6) is 2.80. The number of amides is 1. The van der Waals surface area contributed by atoms with E-state index >= 15 is 0 Å². The number of nitrogens with zero attached hydrogens (tertiary/aromatic N) is 5. The van der Waals surface area contributed by atoms with Crippen molar-refractivity contribution in [3.05, 3.63) is 47.2 Å². The number of hydrogen-bond donors (Lipinski definition) is 0. The van der Waals surface area contributed by atoms with Gasteiger partial charge in [0.1, 0.15) is 5.82 Å². The normalized spacial score (nSPS) is 17.1. The molecule has 3 heterocycles. The van der Waals surface area contributed by atoms with Crippen molar-refractivity contribution in [3.8, 4) is 0 Å². The third-order valence-corrected chi connectivity index (χ3v) is 6.75. The predicted octanol–water partition coefficient (Wildman–Crippen LogP) is 4.67. The van der Waals surface area contributed by atoms with Gasteiger partial charge < -0.3 is 14.7 Å². The maximum atomic E-state index is 13.0. The van der Waals surface area contributed by atoms with Gasteiger partial charge in [-0.3, -0.25) is 4.79 Å². The summed E-state index contributed by atoms with van der Waals surface area (Å²) >= 11 is 0. The number of piperidine rings is 1. The van der Waals surface area contributed by atoms with Crippen LogP contribution in [0.3, 0.4) is 0 Å². The summed E-state index contributed by atoms with van der Waals surface area (Å²) in [5.41, 5.74) is 3.49. The van der Waals surface area contributed by atoms with Gasteiger partial charge >= 0.3 is 0 Å². The van der Waals surface area contributed by atoms with E-state index in [0.717, 1.165) is 61.5 Å². The van der Waals surface area contributed by atoms with Crippen molar-refractivity contribution in [2.24, 2.45) is 11.3 Å². The highest BCUT2D eigenvalue weighted by Gasteiger charge is 2.30. The first kappa shape index (κ1) is 23.5. The van der Waals surface area contributed by atoms with Crippen LogP contribution in [0, 0.1) is 11.3 Å². The smallest absolute Gasteiger partial charge is 0.227 e. The van der Waals surface area contributed by atoms with Gasteiger partial charge in [-0.25, -0.2) is 4.98 Å². The zero-order valence-electron chi connectivity index (χ0n) is 21.0. The van der Waals surface area contributed by atoms with Crippen LogP contribution in [-0.2, 0) is 24.3 Å². The summed E-state index contributed by atoms with van der Waals surface area (Å²) in [7, 11) is 2.07. The van der Waals surface area contributed by atoms with E-state index in [1.54, 1.807) is 0 Å². The molecule has 1 fully saturated rings. The molecular formula is C27H39N5O. The Morgan fingerprint density at radius 1 is 1.09 bits per heavy atom. The van der Waals surface area contributed by atoms with E-state index in [4.69, 9.17) is 9.97 Å². The van der Waals surface area contributed by atoms with Crippen LogP contribution in [0.5, 0.6) is 0 Å². The molecule has 0 saturated carbocycles. The summed E-state index contributed by atoms with van der Waals surface area (Å²) in [6.45, 7) is 12.9. The van der Waals surface area contributed by atoms with Gasteiger partial charge in [0, 0.05) is 51.6 Å². The molecule has 33 heavy (non-hydrogen) atoms. The number of carbonyl (C=O) groups is 1. The van der Waals surface area contributed by atoms with Crippen LogP contribution < -0.4 is 9.80 Å². The van der Waals surface area contributed by atoms with Crippen molar-refractivity contribution in [1.82, 2.24) is 14.9 Å². The number of rotatable bonds is 5. The second-order valence-electron chi connectivity index (χ2n) is 11.1. The molecule has 178 valence electrons. The van der Waals surface area contributed by atoms with Crippen molar-refractivity contribution < 1.29 is 4.79 Å². The Morgan fingerprint density at radius 2 is 1.79 bits per heavy atom. The lowest BCUT2D eigenvalue weighted by molar-refractivity contribution is -0.134. The fourth-order valence-electron chi connectivity index (χ4n) is 4.74. The molecule has 0 spiro atoms. The fraction of sp³-hybridized carbons (Fsp3) is 0.593. The lowest BCUT2D eigenvalue weighted by atomic mass is 9.91. The third kappa shape index (κ3) is 5.84. The van der Waals surface area contributed by atoms with Crippen molar-refractivity contribution >= 4 is 17.7 Å². The first-order chi connectivity index (χ1) is 15.7. The SMILES string of the molecule is CC1CCN(c2nc(N(C)Cc3ccccc3)nc3c2CN(C(=O)CC(C)(C)C)CC3)CC1. The average Bonchev–Trinajstić information content (AvgIpc) is 2.78. The van der Waals surface area contributed by atoms with E-state index < -0.39 is 0 Å². The molecule has 1 saturated heterocycles. The van der Waals surface area contributed by atoms with Crippen LogP contribution in [0.2, 0.25) is 0 Å². The van der Waals surface area contributed by atoms with Gasteiger partial charge in [-0.2, -0.15) is 4.98 Å². The number of carbonyl (C=O) groups excluding carboxylic acids is 1. The minimum atomic E-state index is -0.0102. The second-order valence-corrected chi connectivity index (χ2v) is 11.1. The Labute approximate surface area is 199 Å². The largest absolute Gasteiger partial charge is 0.356 e. The van der Waals surface area contributed by atoms with Crippen LogP contribution in [0.1, 0.15) is 63.8 Å². The maximum Gasteiger partial charge on any atom is 0.227 e. The molecule has 1 aromatic carbocycles. The topological polar surface area (TPSA) is 52.6 Å². The standard InChI is InChI=1S/C27H39N5O/c1-20-11-14-31(15-12-20)25-22-19-32(24(33)17-27(2,3)4)16-13-23(22)28-26(29-25)30(5)18-21-9-7-6-8-10-21/h6-10,20H,11-19H2,1-5H3. The zero-order valence-corrected chi connectivity index (χ0v) is 21.0. The van der Waals surface area contributed by atoms with Crippen molar-refractivity contribution in [2.75, 3.05) is 36.5 Å². The van der Waals surface area contributed by atoms with Gasteiger partial charge in [0.05, 0.1) is 12.2 Å². The molecular weight excluding hydrogens is 410 g/mol. The van der Waals surface area contributed by atoms with Gasteiger partial charge in [0.2, 0.25) is 11.9 Å². The second kappa shape index (κ2) is 9.70. The van der Waals surface area contributed by atoms with E-state index in [-0.39, 0.29) is 11.3 Å². The first-order valence-electron chi connectivity index (χ1n) is 12.4. The van der Waals surface area contributed by atoms with Gasteiger partial charge in [0.15, 0.2) is 0 Å². The average molecular weight is 450 g/mol. The number of fused-ring (bicyclic) bond motifs is 1. The highest BCUT2D eigenvalue weighted by molar-refractivity contribution is 5.77. The molecule has 0 N–H and O–H groups in total. The minimum Gasteiger partial charge on any atom is -0.356 e. The third-order valence-electron chi connectivity index (χ3n) is 6.75. The fourth-order valence-corrected chi connectivity index (χ4v) is 4.74. The number of benzene rings is 1. The van der Waals surface area contributed by atoms with Crippen molar-refractivity contribution in [1.29, 1.82) is 0 Å². The van der Waals surface area contributed by atoms with Crippen LogP contribution in [0.15, 0.2) is 30.3 Å². The maximum absolute atomic E-state index is 13.0. The molecule has 0 atom stereocenters. The Balaban J connectivity index is 1.63. The molecule has 0 unspecified atom stereocenters. The predicted molar refractivity (Wildman–Crippen MR) is 134 cm³/mol. The molecule has 2 aromatic rings.